The van der Waals surface area contributed by atoms with Gasteiger partial charge in [-0.3, -0.25) is 5.32 Å². The number of aliphatic imine (C=N–C) groups is 1. The Hall–Kier alpha value is -2.33. The van der Waals surface area contributed by atoms with E-state index in [-0.39, 0.29) is 6.54 Å². The average molecular weight is 437 g/mol. The highest BCUT2D eigenvalue weighted by molar-refractivity contribution is 7.80. The summed E-state index contributed by atoms with van der Waals surface area (Å²) in [5.41, 5.74) is 3.30. The molecule has 3 N–H and O–H groups in total. The molecule has 0 atom stereocenters. The number of hydrogen-bond acceptors (Lipinski definition) is 6. The van der Waals surface area contributed by atoms with Crippen LogP contribution in [0.2, 0.25) is 5.02 Å². The Labute approximate surface area is 181 Å². The molecule has 0 aliphatic heterocycles. The highest BCUT2D eigenvalue weighted by Crippen LogP contribution is 2.24. The van der Waals surface area contributed by atoms with Gasteiger partial charge < -0.3 is 20.1 Å². The molecule has 2 aromatic rings. The van der Waals surface area contributed by atoms with Gasteiger partial charge in [0.25, 0.3) is 0 Å². The molecule has 1 aromatic carbocycles. The third-order valence-corrected chi connectivity index (χ3v) is 4.51. The molecule has 2 rings (SSSR count). The summed E-state index contributed by atoms with van der Waals surface area (Å²) in [5, 5.41) is 10.0. The fraction of sp³-hybridized carbons (Fsp3) is 0.368. The fourth-order valence-electron chi connectivity index (χ4n) is 2.41. The monoisotopic (exact) mass is 436 g/mol. The Morgan fingerprint density at radius 2 is 1.79 bits per heavy atom. The van der Waals surface area contributed by atoms with Crippen LogP contribution in [0, 0.1) is 20.8 Å². The first kappa shape index (κ1) is 23.0. The Bertz CT molecular complexity index is 869. The molecule has 0 amide bonds. The molecule has 29 heavy (non-hydrogen) atoms. The van der Waals surface area contributed by atoms with Gasteiger partial charge in [0.15, 0.2) is 11.4 Å². The van der Waals surface area contributed by atoms with Gasteiger partial charge in [0.1, 0.15) is 0 Å². The highest BCUT2D eigenvalue weighted by Gasteiger charge is 2.11. The minimum atomic E-state index is -0.499. The highest BCUT2D eigenvalue weighted by atomic mass is 35.5. The molecule has 0 unspecified atom stereocenters. The molecule has 10 heteroatoms. The molecule has 0 fully saturated rings. The van der Waals surface area contributed by atoms with Crippen LogP contribution in [-0.2, 0) is 9.47 Å². The molecule has 156 valence electrons. The maximum absolute atomic E-state index is 6.33. The van der Waals surface area contributed by atoms with Crippen LogP contribution in [0.4, 0.5) is 11.6 Å². The predicted molar refractivity (Wildman–Crippen MR) is 121 cm³/mol. The lowest BCUT2D eigenvalue weighted by molar-refractivity contribution is -0.0937. The van der Waals surface area contributed by atoms with E-state index in [0.29, 0.717) is 27.7 Å². The molecular formula is C19H25ClN6O2S. The largest absolute Gasteiger partial charge is 0.354 e. The lowest BCUT2D eigenvalue weighted by Crippen LogP contribution is -2.40. The minimum Gasteiger partial charge on any atom is -0.354 e. The summed E-state index contributed by atoms with van der Waals surface area (Å²) in [7, 11) is 3.09. The van der Waals surface area contributed by atoms with Crippen molar-refractivity contribution in [2.24, 2.45) is 4.99 Å². The lowest BCUT2D eigenvalue weighted by atomic mass is 10.2. The second-order valence-corrected chi connectivity index (χ2v) is 6.99. The average Bonchev–Trinajstić information content (AvgIpc) is 2.65. The second-order valence-electron chi connectivity index (χ2n) is 6.21. The molecule has 0 aliphatic rings. The maximum Gasteiger partial charge on any atom is 0.229 e. The predicted octanol–water partition coefficient (Wildman–Crippen LogP) is 3.43. The van der Waals surface area contributed by atoms with E-state index >= 15 is 0 Å². The van der Waals surface area contributed by atoms with Gasteiger partial charge >= 0.3 is 0 Å². The van der Waals surface area contributed by atoms with E-state index in [4.69, 9.17) is 33.3 Å². The third kappa shape index (κ3) is 7.21. The number of hydrogen-bond donors (Lipinski definition) is 3. The van der Waals surface area contributed by atoms with Crippen LogP contribution in [0.3, 0.4) is 0 Å². The molecule has 0 radical (unpaired) electrons. The first-order valence-corrected chi connectivity index (χ1v) is 9.63. The maximum atomic E-state index is 6.33. The van der Waals surface area contributed by atoms with Gasteiger partial charge in [0.05, 0.1) is 17.3 Å². The zero-order chi connectivity index (χ0) is 21.4. The second kappa shape index (κ2) is 11.0. The van der Waals surface area contributed by atoms with Crippen molar-refractivity contribution in [2.45, 2.75) is 27.1 Å². The van der Waals surface area contributed by atoms with Crippen molar-refractivity contribution in [2.75, 3.05) is 31.4 Å². The number of benzene rings is 1. The summed E-state index contributed by atoms with van der Waals surface area (Å²) in [6, 6.07) is 7.54. The number of methoxy groups -OCH3 is 2. The van der Waals surface area contributed by atoms with Crippen molar-refractivity contribution >= 4 is 46.5 Å². The summed E-state index contributed by atoms with van der Waals surface area (Å²) in [6.45, 7) is 5.94. The van der Waals surface area contributed by atoms with Crippen molar-refractivity contribution < 1.29 is 9.47 Å². The van der Waals surface area contributed by atoms with Crippen LogP contribution in [0.25, 0.3) is 0 Å². The molecule has 0 spiro atoms. The van der Waals surface area contributed by atoms with Gasteiger partial charge in [-0.2, -0.15) is 0 Å². The summed E-state index contributed by atoms with van der Waals surface area (Å²) in [5.74, 6) is 0.742. The Balaban J connectivity index is 2.18. The van der Waals surface area contributed by atoms with Crippen molar-refractivity contribution in [3.8, 4) is 0 Å². The number of nitrogens with zero attached hydrogens (tertiary/aromatic N) is 3. The van der Waals surface area contributed by atoms with Gasteiger partial charge in [-0.1, -0.05) is 23.7 Å². The van der Waals surface area contributed by atoms with Crippen molar-refractivity contribution in [1.82, 2.24) is 15.3 Å². The number of rotatable bonds is 6. The van der Waals surface area contributed by atoms with Gasteiger partial charge in [-0.25, -0.2) is 15.0 Å². The van der Waals surface area contributed by atoms with Gasteiger partial charge in [0.2, 0.25) is 11.9 Å². The van der Waals surface area contributed by atoms with Gasteiger partial charge in [0, 0.05) is 25.6 Å². The lowest BCUT2D eigenvalue weighted by Gasteiger charge is -2.16. The SMILES string of the molecule is COC(CN=C(NC(=S)Nc1cccc(C)c1Cl)Nc1nc(C)cc(C)n1)OC. The van der Waals surface area contributed by atoms with Crippen LogP contribution in [0.15, 0.2) is 29.3 Å². The Morgan fingerprint density at radius 3 is 2.41 bits per heavy atom. The molecule has 0 saturated heterocycles. The van der Waals surface area contributed by atoms with Gasteiger partial charge in [-0.15, -0.1) is 0 Å². The number of halogens is 1. The normalized spacial score (nSPS) is 11.5. The molecule has 0 saturated carbocycles. The number of thiocarbonyl (C=S) groups is 1. The number of guanidine groups is 1. The Morgan fingerprint density at radius 1 is 1.14 bits per heavy atom. The Kier molecular flexibility index (Phi) is 8.71. The van der Waals surface area contributed by atoms with E-state index < -0.39 is 6.29 Å². The first-order chi connectivity index (χ1) is 13.8. The zero-order valence-electron chi connectivity index (χ0n) is 17.0. The van der Waals surface area contributed by atoms with Crippen molar-refractivity contribution in [3.05, 3.63) is 46.2 Å². The molecule has 8 nitrogen and oxygen atoms in total. The standard InChI is InChI=1S/C19H25ClN6O2S/c1-11-7-6-8-14(16(11)20)24-19(29)26-17(21-10-15(27-4)28-5)25-18-22-12(2)9-13(3)23-18/h6-9,15H,10H2,1-5H3,(H3,21,22,23,24,25,26,29). The summed E-state index contributed by atoms with van der Waals surface area (Å²) in [4.78, 5) is 13.2. The summed E-state index contributed by atoms with van der Waals surface area (Å²) in [6.07, 6.45) is -0.499. The van der Waals surface area contributed by atoms with Crippen molar-refractivity contribution in [1.29, 1.82) is 0 Å². The van der Waals surface area contributed by atoms with Crippen LogP contribution in [0.1, 0.15) is 17.0 Å². The smallest absolute Gasteiger partial charge is 0.229 e. The van der Waals surface area contributed by atoms with E-state index in [1.165, 1.54) is 0 Å². The van der Waals surface area contributed by atoms with E-state index in [0.717, 1.165) is 17.0 Å². The minimum absolute atomic E-state index is 0.237. The summed E-state index contributed by atoms with van der Waals surface area (Å²) >= 11 is 11.7. The zero-order valence-corrected chi connectivity index (χ0v) is 18.6. The summed E-state index contributed by atoms with van der Waals surface area (Å²) < 4.78 is 10.4. The van der Waals surface area contributed by atoms with E-state index in [1.54, 1.807) is 14.2 Å². The number of anilines is 2. The first-order valence-electron chi connectivity index (χ1n) is 8.84. The van der Waals surface area contributed by atoms with E-state index in [1.807, 2.05) is 45.0 Å². The molecule has 1 aromatic heterocycles. The number of nitrogens with one attached hydrogen (secondary N) is 3. The van der Waals surface area contributed by atoms with Crippen molar-refractivity contribution in [3.63, 3.8) is 0 Å². The molecule has 0 bridgehead atoms. The van der Waals surface area contributed by atoms with E-state index in [2.05, 4.69) is 30.9 Å². The molecule has 0 aliphatic carbocycles. The van der Waals surface area contributed by atoms with Crippen LogP contribution in [0.5, 0.6) is 0 Å². The number of aromatic nitrogens is 2. The molecular weight excluding hydrogens is 412 g/mol. The fourth-order valence-corrected chi connectivity index (χ4v) is 2.79. The molecule has 1 heterocycles. The van der Waals surface area contributed by atoms with Gasteiger partial charge in [-0.05, 0) is 50.7 Å². The number of ether oxygens (including phenoxy) is 2. The van der Waals surface area contributed by atoms with Crippen LogP contribution < -0.4 is 16.0 Å². The van der Waals surface area contributed by atoms with E-state index in [9.17, 15) is 0 Å². The number of aryl methyl sites for hydroxylation is 3. The third-order valence-electron chi connectivity index (χ3n) is 3.81. The van der Waals surface area contributed by atoms with Crippen LogP contribution >= 0.6 is 23.8 Å². The quantitative estimate of drug-likeness (QED) is 0.274. The van der Waals surface area contributed by atoms with Crippen LogP contribution in [-0.4, -0.2) is 48.1 Å². The topological polar surface area (TPSA) is 92.7 Å².